The summed E-state index contributed by atoms with van der Waals surface area (Å²) in [6, 6.07) is 5.17. The predicted octanol–water partition coefficient (Wildman–Crippen LogP) is 3.66. The van der Waals surface area contributed by atoms with Crippen LogP contribution in [0.25, 0.3) is 11.3 Å². The van der Waals surface area contributed by atoms with Crippen molar-refractivity contribution in [3.05, 3.63) is 40.8 Å². The lowest BCUT2D eigenvalue weighted by molar-refractivity contribution is -0.181. The lowest BCUT2D eigenvalue weighted by atomic mass is 10.0. The molecule has 0 aliphatic carbocycles. The Labute approximate surface area is 155 Å². The highest BCUT2D eigenvalue weighted by Gasteiger charge is 2.41. The molecule has 1 amide bonds. The summed E-state index contributed by atoms with van der Waals surface area (Å²) >= 11 is 12.0. The summed E-state index contributed by atoms with van der Waals surface area (Å²) in [6.45, 7) is 2.45. The Kier molecular flexibility index (Phi) is 4.45. The van der Waals surface area contributed by atoms with Crippen molar-refractivity contribution in [2.75, 3.05) is 26.3 Å². The molecule has 2 aromatic rings. The molecule has 25 heavy (non-hydrogen) atoms. The largest absolute Gasteiger partial charge is 0.347 e. The molecular weight excluding hydrogens is 365 g/mol. The zero-order chi connectivity index (χ0) is 17.4. The number of imidazole rings is 1. The summed E-state index contributed by atoms with van der Waals surface area (Å²) in [5.74, 6) is -0.489. The molecule has 132 valence electrons. The first-order chi connectivity index (χ1) is 12.1. The van der Waals surface area contributed by atoms with E-state index in [-0.39, 0.29) is 6.03 Å². The molecule has 1 spiro atoms. The fourth-order valence-corrected chi connectivity index (χ4v) is 3.52. The molecule has 2 aliphatic heterocycles. The van der Waals surface area contributed by atoms with E-state index in [1.165, 1.54) is 10.9 Å². The number of benzene rings is 1. The van der Waals surface area contributed by atoms with Crippen LogP contribution < -0.4 is 0 Å². The van der Waals surface area contributed by atoms with E-state index in [2.05, 4.69) is 4.98 Å². The fourth-order valence-electron chi connectivity index (χ4n) is 3.22. The second-order valence-electron chi connectivity index (χ2n) is 6.17. The number of hydrogen-bond donors (Lipinski definition) is 0. The first-order valence-electron chi connectivity index (χ1n) is 8.13. The van der Waals surface area contributed by atoms with Gasteiger partial charge in [0.15, 0.2) is 5.79 Å². The average molecular weight is 382 g/mol. The first kappa shape index (κ1) is 16.8. The fraction of sp³-hybridized carbons (Fsp3) is 0.412. The van der Waals surface area contributed by atoms with Gasteiger partial charge in [0.2, 0.25) is 0 Å². The van der Waals surface area contributed by atoms with Gasteiger partial charge in [-0.1, -0.05) is 29.3 Å². The molecule has 0 unspecified atom stereocenters. The van der Waals surface area contributed by atoms with Crippen molar-refractivity contribution in [1.29, 1.82) is 0 Å². The number of halogens is 2. The van der Waals surface area contributed by atoms with Crippen LogP contribution in [-0.2, 0) is 9.47 Å². The quantitative estimate of drug-likeness (QED) is 0.756. The van der Waals surface area contributed by atoms with E-state index in [9.17, 15) is 4.79 Å². The van der Waals surface area contributed by atoms with Gasteiger partial charge in [0.05, 0.1) is 29.0 Å². The number of amides is 1. The molecule has 0 atom stereocenters. The van der Waals surface area contributed by atoms with Gasteiger partial charge in [-0.05, 0) is 12.1 Å². The summed E-state index contributed by atoms with van der Waals surface area (Å²) in [4.78, 5) is 18.8. The van der Waals surface area contributed by atoms with Crippen molar-refractivity contribution < 1.29 is 14.3 Å². The van der Waals surface area contributed by atoms with E-state index in [1.54, 1.807) is 23.2 Å². The van der Waals surface area contributed by atoms with E-state index in [0.717, 1.165) is 5.56 Å². The van der Waals surface area contributed by atoms with Gasteiger partial charge in [-0.15, -0.1) is 0 Å². The molecule has 0 radical (unpaired) electrons. The zero-order valence-electron chi connectivity index (χ0n) is 13.5. The number of ether oxygens (including phenoxy) is 2. The van der Waals surface area contributed by atoms with Crippen LogP contribution in [0, 0.1) is 0 Å². The average Bonchev–Trinajstić information content (AvgIpc) is 3.28. The van der Waals surface area contributed by atoms with Crippen LogP contribution in [0.1, 0.15) is 12.8 Å². The second-order valence-corrected chi connectivity index (χ2v) is 6.99. The molecular formula is C17H17Cl2N3O3. The third kappa shape index (κ3) is 3.27. The Hall–Kier alpha value is -1.60. The summed E-state index contributed by atoms with van der Waals surface area (Å²) in [5, 5.41) is 0.942. The molecule has 4 rings (SSSR count). The maximum absolute atomic E-state index is 12.7. The van der Waals surface area contributed by atoms with Gasteiger partial charge in [0, 0.05) is 37.7 Å². The van der Waals surface area contributed by atoms with Crippen LogP contribution in [0.3, 0.4) is 0 Å². The second kappa shape index (κ2) is 6.61. The minimum atomic E-state index is -0.489. The number of hydrogen-bond acceptors (Lipinski definition) is 4. The van der Waals surface area contributed by atoms with Gasteiger partial charge < -0.3 is 14.4 Å². The molecule has 0 bridgehead atoms. The van der Waals surface area contributed by atoms with Gasteiger partial charge in [0.25, 0.3) is 0 Å². The number of nitrogens with zero attached hydrogens (tertiary/aromatic N) is 3. The van der Waals surface area contributed by atoms with E-state index in [1.807, 2.05) is 6.07 Å². The van der Waals surface area contributed by atoms with Gasteiger partial charge >= 0.3 is 6.03 Å². The summed E-state index contributed by atoms with van der Waals surface area (Å²) in [7, 11) is 0. The van der Waals surface area contributed by atoms with Crippen molar-refractivity contribution in [2.45, 2.75) is 18.6 Å². The smallest absolute Gasteiger partial charge is 0.329 e. The monoisotopic (exact) mass is 381 g/mol. The van der Waals surface area contributed by atoms with Crippen molar-refractivity contribution in [2.24, 2.45) is 0 Å². The third-order valence-electron chi connectivity index (χ3n) is 4.63. The van der Waals surface area contributed by atoms with Gasteiger partial charge in [-0.25, -0.2) is 9.78 Å². The summed E-state index contributed by atoms with van der Waals surface area (Å²) in [5.41, 5.74) is 1.48. The Balaban J connectivity index is 1.46. The first-order valence-corrected chi connectivity index (χ1v) is 8.89. The highest BCUT2D eigenvalue weighted by atomic mass is 35.5. The van der Waals surface area contributed by atoms with Gasteiger partial charge in [-0.3, -0.25) is 4.57 Å². The molecule has 6 nitrogen and oxygen atoms in total. The van der Waals surface area contributed by atoms with Crippen LogP contribution in [-0.4, -0.2) is 52.6 Å². The Morgan fingerprint density at radius 3 is 2.52 bits per heavy atom. The van der Waals surface area contributed by atoms with Crippen molar-refractivity contribution in [3.63, 3.8) is 0 Å². The molecule has 3 heterocycles. The van der Waals surface area contributed by atoms with Crippen LogP contribution in [0.15, 0.2) is 30.7 Å². The van der Waals surface area contributed by atoms with Crippen LogP contribution in [0.4, 0.5) is 4.79 Å². The number of carbonyl (C=O) groups excluding carboxylic acids is 1. The van der Waals surface area contributed by atoms with E-state index < -0.39 is 5.79 Å². The Morgan fingerprint density at radius 2 is 1.84 bits per heavy atom. The van der Waals surface area contributed by atoms with Gasteiger partial charge in [0.1, 0.15) is 6.33 Å². The highest BCUT2D eigenvalue weighted by molar-refractivity contribution is 6.42. The maximum atomic E-state index is 12.7. The van der Waals surface area contributed by atoms with Crippen LogP contribution in [0.5, 0.6) is 0 Å². The molecule has 8 heteroatoms. The molecule has 0 N–H and O–H groups in total. The number of piperidine rings is 1. The van der Waals surface area contributed by atoms with E-state index in [0.29, 0.717) is 54.9 Å². The lowest BCUT2D eigenvalue weighted by Crippen LogP contribution is -2.48. The topological polar surface area (TPSA) is 56.6 Å². The van der Waals surface area contributed by atoms with E-state index >= 15 is 0 Å². The summed E-state index contributed by atoms with van der Waals surface area (Å²) in [6.07, 6.45) is 4.60. The van der Waals surface area contributed by atoms with Crippen LogP contribution >= 0.6 is 23.2 Å². The standard InChI is InChI=1S/C17H17Cl2N3O3/c18-13-2-1-12(9-14(13)19)15-10-22(11-20-15)16(23)21-5-3-17(4-6-21)24-7-8-25-17/h1-2,9-11H,3-8H2. The molecule has 1 aromatic heterocycles. The number of likely N-dealkylation sites (tertiary alicyclic amines) is 1. The van der Waals surface area contributed by atoms with Crippen molar-refractivity contribution >= 4 is 29.2 Å². The SMILES string of the molecule is O=C(N1CCC2(CC1)OCCO2)n1cnc(-c2ccc(Cl)c(Cl)c2)c1. The van der Waals surface area contributed by atoms with E-state index in [4.69, 9.17) is 32.7 Å². The summed E-state index contributed by atoms with van der Waals surface area (Å²) < 4.78 is 12.9. The highest BCUT2D eigenvalue weighted by Crippen LogP contribution is 2.32. The number of rotatable bonds is 1. The Morgan fingerprint density at radius 1 is 1.12 bits per heavy atom. The lowest BCUT2D eigenvalue weighted by Gasteiger charge is -2.37. The van der Waals surface area contributed by atoms with Gasteiger partial charge in [-0.2, -0.15) is 0 Å². The minimum Gasteiger partial charge on any atom is -0.347 e. The Bertz CT molecular complexity index is 792. The molecule has 2 saturated heterocycles. The zero-order valence-corrected chi connectivity index (χ0v) is 15.0. The molecule has 2 aliphatic rings. The molecule has 1 aromatic carbocycles. The number of aromatic nitrogens is 2. The third-order valence-corrected chi connectivity index (χ3v) is 5.37. The predicted molar refractivity (Wildman–Crippen MR) is 93.9 cm³/mol. The molecule has 2 fully saturated rings. The number of carbonyl (C=O) groups is 1. The van der Waals surface area contributed by atoms with Crippen molar-refractivity contribution in [1.82, 2.24) is 14.5 Å². The maximum Gasteiger partial charge on any atom is 0.329 e. The minimum absolute atomic E-state index is 0.105. The normalized spacial score (nSPS) is 19.5. The van der Waals surface area contributed by atoms with Crippen LogP contribution in [0.2, 0.25) is 10.0 Å². The molecule has 0 saturated carbocycles. The van der Waals surface area contributed by atoms with Crippen molar-refractivity contribution in [3.8, 4) is 11.3 Å².